The first-order valence-electron chi connectivity index (χ1n) is 8.95. The fraction of sp³-hybridized carbons (Fsp3) is 0.500. The smallest absolute Gasteiger partial charge is 0.321 e. The lowest BCUT2D eigenvalue weighted by Gasteiger charge is -2.34. The van der Waals surface area contributed by atoms with Crippen molar-refractivity contribution >= 4 is 23.5 Å². The number of anilines is 1. The van der Waals surface area contributed by atoms with Crippen LogP contribution in [0, 0.1) is 5.92 Å². The van der Waals surface area contributed by atoms with Crippen molar-refractivity contribution in [3.05, 3.63) is 18.2 Å². The number of hydrogen-bond acceptors (Lipinski definition) is 6. The molecule has 0 aromatic heterocycles. The van der Waals surface area contributed by atoms with E-state index in [-0.39, 0.29) is 24.5 Å². The molecule has 2 heterocycles. The maximum atomic E-state index is 12.5. The average molecular weight is 376 g/mol. The van der Waals surface area contributed by atoms with E-state index in [1.807, 2.05) is 4.90 Å². The zero-order valence-corrected chi connectivity index (χ0v) is 15.4. The molecule has 0 saturated carbocycles. The van der Waals surface area contributed by atoms with Crippen molar-refractivity contribution in [3.63, 3.8) is 0 Å². The molecule has 0 unspecified atom stereocenters. The van der Waals surface area contributed by atoms with Crippen LogP contribution in [0.3, 0.4) is 0 Å². The molecule has 27 heavy (non-hydrogen) atoms. The third-order valence-corrected chi connectivity index (χ3v) is 4.93. The number of benzene rings is 1. The van der Waals surface area contributed by atoms with Crippen LogP contribution in [0.15, 0.2) is 18.2 Å². The number of nitrogens with zero attached hydrogens (tertiary/aromatic N) is 1. The summed E-state index contributed by atoms with van der Waals surface area (Å²) in [6, 6.07) is 4.35. The lowest BCUT2D eigenvalue weighted by atomic mass is 9.94. The van der Waals surface area contributed by atoms with Crippen molar-refractivity contribution in [2.75, 3.05) is 32.2 Å². The first-order chi connectivity index (χ1) is 13.0. The maximum absolute atomic E-state index is 12.5. The van der Waals surface area contributed by atoms with Crippen LogP contribution in [0.1, 0.15) is 19.8 Å². The van der Waals surface area contributed by atoms with Gasteiger partial charge in [0.2, 0.25) is 18.6 Å². The van der Waals surface area contributed by atoms with Gasteiger partial charge in [-0.25, -0.2) is 4.79 Å². The Hall–Kier alpha value is -2.81. The van der Waals surface area contributed by atoms with Crippen molar-refractivity contribution in [1.82, 2.24) is 15.5 Å². The number of piperidine rings is 1. The van der Waals surface area contributed by atoms with E-state index in [4.69, 9.17) is 9.47 Å². The van der Waals surface area contributed by atoms with Crippen LogP contribution >= 0.6 is 0 Å². The first kappa shape index (κ1) is 19.0. The predicted octanol–water partition coefficient (Wildman–Crippen LogP) is 0.910. The summed E-state index contributed by atoms with van der Waals surface area (Å²) in [5.41, 5.74) is 0.671. The van der Waals surface area contributed by atoms with E-state index in [2.05, 4.69) is 16.0 Å². The average Bonchev–Trinajstić information content (AvgIpc) is 3.15. The minimum atomic E-state index is -0.523. The van der Waals surface area contributed by atoms with Gasteiger partial charge in [-0.05, 0) is 45.0 Å². The summed E-state index contributed by atoms with van der Waals surface area (Å²) in [5.74, 6) is 0.776. The summed E-state index contributed by atoms with van der Waals surface area (Å²) in [6.07, 6.45) is 1.29. The molecule has 0 radical (unpaired) electrons. The number of amides is 4. The highest BCUT2D eigenvalue weighted by molar-refractivity contribution is 5.96. The molecule has 0 bridgehead atoms. The molecule has 3 N–H and O–H groups in total. The van der Waals surface area contributed by atoms with Gasteiger partial charge in [0.1, 0.15) is 0 Å². The molecule has 1 aromatic rings. The Labute approximate surface area is 157 Å². The Morgan fingerprint density at radius 2 is 1.85 bits per heavy atom. The maximum Gasteiger partial charge on any atom is 0.321 e. The normalized spacial score (nSPS) is 17.9. The van der Waals surface area contributed by atoms with Crippen LogP contribution in [0.25, 0.3) is 0 Å². The molecule has 3 rings (SSSR count). The second-order valence-electron chi connectivity index (χ2n) is 6.61. The standard InChI is InChI=1S/C18H24N4O5/c1-11(16(23)21-18(25)19-2)22-7-5-12(6-8-22)17(24)20-13-3-4-14-15(9-13)27-10-26-14/h3-4,9,11-12H,5-8,10H2,1-2H3,(H,20,24)(H2,19,21,23,25)/t11-/m1/s1. The number of carbonyl (C=O) groups excluding carboxylic acids is 3. The SMILES string of the molecule is CNC(=O)NC(=O)[C@@H](C)N1CCC(C(=O)Nc2ccc3c(c2)OCO3)CC1. The van der Waals surface area contributed by atoms with Crippen LogP contribution in [0.2, 0.25) is 0 Å². The number of nitrogens with one attached hydrogen (secondary N) is 3. The highest BCUT2D eigenvalue weighted by Crippen LogP contribution is 2.34. The van der Waals surface area contributed by atoms with Crippen LogP contribution in [-0.4, -0.2) is 55.7 Å². The van der Waals surface area contributed by atoms with E-state index in [1.165, 1.54) is 7.05 Å². The van der Waals surface area contributed by atoms with Crippen molar-refractivity contribution < 1.29 is 23.9 Å². The van der Waals surface area contributed by atoms with Crippen molar-refractivity contribution in [1.29, 1.82) is 0 Å². The topological polar surface area (TPSA) is 109 Å². The van der Waals surface area contributed by atoms with E-state index in [9.17, 15) is 14.4 Å². The molecule has 1 aromatic carbocycles. The first-order valence-corrected chi connectivity index (χ1v) is 8.95. The van der Waals surface area contributed by atoms with Gasteiger partial charge in [-0.1, -0.05) is 0 Å². The molecule has 2 aliphatic rings. The molecule has 146 valence electrons. The Morgan fingerprint density at radius 1 is 1.15 bits per heavy atom. The van der Waals surface area contributed by atoms with Crippen molar-refractivity contribution in [2.45, 2.75) is 25.8 Å². The number of carbonyl (C=O) groups is 3. The monoisotopic (exact) mass is 376 g/mol. The second kappa shape index (κ2) is 8.26. The zero-order valence-electron chi connectivity index (χ0n) is 15.4. The Balaban J connectivity index is 1.49. The summed E-state index contributed by atoms with van der Waals surface area (Å²) in [4.78, 5) is 37.8. The quantitative estimate of drug-likeness (QED) is 0.721. The number of hydrogen-bond donors (Lipinski definition) is 3. The third-order valence-electron chi connectivity index (χ3n) is 4.93. The number of urea groups is 1. The minimum Gasteiger partial charge on any atom is -0.454 e. The molecule has 4 amide bonds. The fourth-order valence-corrected chi connectivity index (χ4v) is 3.21. The van der Waals surface area contributed by atoms with Gasteiger partial charge >= 0.3 is 6.03 Å². The molecule has 1 saturated heterocycles. The van der Waals surface area contributed by atoms with Crippen LogP contribution < -0.4 is 25.4 Å². The summed E-state index contributed by atoms with van der Waals surface area (Å²) in [6.45, 7) is 3.17. The highest BCUT2D eigenvalue weighted by Gasteiger charge is 2.30. The summed E-state index contributed by atoms with van der Waals surface area (Å²) in [7, 11) is 1.46. The van der Waals surface area contributed by atoms with E-state index < -0.39 is 12.1 Å². The molecule has 9 nitrogen and oxygen atoms in total. The molecule has 0 spiro atoms. The summed E-state index contributed by atoms with van der Waals surface area (Å²) < 4.78 is 10.6. The number of rotatable bonds is 4. The second-order valence-corrected chi connectivity index (χ2v) is 6.61. The number of fused-ring (bicyclic) bond motifs is 1. The minimum absolute atomic E-state index is 0.0454. The van der Waals surface area contributed by atoms with Crippen LogP contribution in [0.4, 0.5) is 10.5 Å². The summed E-state index contributed by atoms with van der Waals surface area (Å²) in [5, 5.41) is 7.55. The number of likely N-dealkylation sites (tertiary alicyclic amines) is 1. The molecule has 1 atom stereocenters. The van der Waals surface area contributed by atoms with Crippen molar-refractivity contribution in [3.8, 4) is 11.5 Å². The van der Waals surface area contributed by atoms with E-state index in [1.54, 1.807) is 25.1 Å². The van der Waals surface area contributed by atoms with E-state index in [0.717, 1.165) is 0 Å². The molecule has 2 aliphatic heterocycles. The number of ether oxygens (including phenoxy) is 2. The van der Waals surface area contributed by atoms with Gasteiger partial charge in [-0.15, -0.1) is 0 Å². The Kier molecular flexibility index (Phi) is 5.80. The predicted molar refractivity (Wildman–Crippen MR) is 97.6 cm³/mol. The van der Waals surface area contributed by atoms with Crippen LogP contribution in [0.5, 0.6) is 11.5 Å². The Bertz CT molecular complexity index is 730. The lowest BCUT2D eigenvalue weighted by molar-refractivity contribution is -0.126. The van der Waals surface area contributed by atoms with Gasteiger partial charge in [-0.3, -0.25) is 19.8 Å². The molecular formula is C18H24N4O5. The number of imide groups is 1. The molecule has 0 aliphatic carbocycles. The van der Waals surface area contributed by atoms with Crippen molar-refractivity contribution in [2.24, 2.45) is 5.92 Å². The van der Waals surface area contributed by atoms with Gasteiger partial charge in [0.25, 0.3) is 0 Å². The largest absolute Gasteiger partial charge is 0.454 e. The van der Waals surface area contributed by atoms with Gasteiger partial charge in [0.15, 0.2) is 11.5 Å². The summed E-state index contributed by atoms with van der Waals surface area (Å²) >= 11 is 0. The fourth-order valence-electron chi connectivity index (χ4n) is 3.21. The molecule has 1 fully saturated rings. The molecule has 9 heteroatoms. The van der Waals surface area contributed by atoms with Gasteiger partial charge in [-0.2, -0.15) is 0 Å². The van der Waals surface area contributed by atoms with E-state index >= 15 is 0 Å². The van der Waals surface area contributed by atoms with Gasteiger partial charge in [0.05, 0.1) is 6.04 Å². The van der Waals surface area contributed by atoms with Crippen LogP contribution in [-0.2, 0) is 9.59 Å². The molecular weight excluding hydrogens is 352 g/mol. The highest BCUT2D eigenvalue weighted by atomic mass is 16.7. The van der Waals surface area contributed by atoms with Gasteiger partial charge < -0.3 is 20.1 Å². The Morgan fingerprint density at radius 3 is 2.56 bits per heavy atom. The third kappa shape index (κ3) is 4.48. The lowest BCUT2D eigenvalue weighted by Crippen LogP contribution is -2.51. The zero-order chi connectivity index (χ0) is 19.4. The van der Waals surface area contributed by atoms with Gasteiger partial charge in [0, 0.05) is 24.7 Å². The van der Waals surface area contributed by atoms with E-state index in [0.29, 0.717) is 43.1 Å².